The predicted molar refractivity (Wildman–Crippen MR) is 86.2 cm³/mol. The van der Waals surface area contributed by atoms with Gasteiger partial charge in [-0.05, 0) is 41.4 Å². The van der Waals surface area contributed by atoms with Crippen LogP contribution in [0, 0.1) is 0 Å². The third kappa shape index (κ3) is 4.08. The van der Waals surface area contributed by atoms with E-state index in [9.17, 15) is 14.7 Å². The molecule has 0 spiro atoms. The van der Waals surface area contributed by atoms with Crippen molar-refractivity contribution in [2.45, 2.75) is 12.8 Å². The molecule has 0 fully saturated rings. The van der Waals surface area contributed by atoms with Crippen molar-refractivity contribution in [1.82, 2.24) is 10.6 Å². The van der Waals surface area contributed by atoms with Crippen molar-refractivity contribution in [3.8, 4) is 5.75 Å². The Morgan fingerprint density at radius 3 is 2.59 bits per heavy atom. The molecule has 0 aliphatic rings. The zero-order chi connectivity index (χ0) is 15.9. The maximum absolute atomic E-state index is 12.0. The highest BCUT2D eigenvalue weighted by Gasteiger charge is 2.15. The van der Waals surface area contributed by atoms with Gasteiger partial charge in [-0.25, -0.2) is 0 Å². The quantitative estimate of drug-likeness (QED) is 0.714. The van der Waals surface area contributed by atoms with Crippen molar-refractivity contribution < 1.29 is 14.7 Å². The lowest BCUT2D eigenvalue weighted by atomic mass is 10.0. The Morgan fingerprint density at radius 2 is 1.91 bits per heavy atom. The Hall–Kier alpha value is -2.34. The number of thiophene rings is 1. The molecule has 2 aromatic rings. The summed E-state index contributed by atoms with van der Waals surface area (Å²) in [5.41, 5.74) is 1.21. The Bertz CT molecular complexity index is 641. The lowest BCUT2D eigenvalue weighted by Gasteiger charge is -2.11. The molecule has 2 amide bonds. The highest BCUT2D eigenvalue weighted by atomic mass is 32.1. The van der Waals surface area contributed by atoms with Crippen molar-refractivity contribution in [2.24, 2.45) is 0 Å². The zero-order valence-corrected chi connectivity index (χ0v) is 13.0. The average Bonchev–Trinajstić information content (AvgIpc) is 3.05. The van der Waals surface area contributed by atoms with E-state index in [1.54, 1.807) is 29.5 Å². The number of para-hydroxylation sites is 1. The van der Waals surface area contributed by atoms with Crippen LogP contribution >= 0.6 is 11.3 Å². The third-order valence-electron chi connectivity index (χ3n) is 3.29. The molecule has 0 aliphatic heterocycles. The fourth-order valence-electron chi connectivity index (χ4n) is 1.95. The van der Waals surface area contributed by atoms with E-state index < -0.39 is 0 Å². The maximum Gasteiger partial charge on any atom is 0.255 e. The number of benzene rings is 1. The number of phenols is 1. The summed E-state index contributed by atoms with van der Waals surface area (Å²) in [4.78, 5) is 23.8. The fraction of sp³-hybridized carbons (Fsp3) is 0.250. The lowest BCUT2D eigenvalue weighted by molar-refractivity contribution is -0.122. The summed E-state index contributed by atoms with van der Waals surface area (Å²) in [5, 5.41) is 18.9. The average molecular weight is 318 g/mol. The molecule has 2 rings (SSSR count). The van der Waals surface area contributed by atoms with Crippen molar-refractivity contribution >= 4 is 23.2 Å². The number of amides is 2. The predicted octanol–water partition coefficient (Wildman–Crippen LogP) is 2.10. The Kier molecular flexibility index (Phi) is 5.55. The van der Waals surface area contributed by atoms with E-state index in [-0.39, 0.29) is 29.0 Å². The largest absolute Gasteiger partial charge is 0.507 e. The van der Waals surface area contributed by atoms with Crippen molar-refractivity contribution in [2.75, 3.05) is 13.1 Å². The molecule has 0 radical (unpaired) electrons. The minimum Gasteiger partial charge on any atom is -0.507 e. The van der Waals surface area contributed by atoms with Gasteiger partial charge < -0.3 is 15.7 Å². The molecule has 0 saturated heterocycles. The van der Waals surface area contributed by atoms with Gasteiger partial charge in [0.25, 0.3) is 5.91 Å². The van der Waals surface area contributed by atoms with Gasteiger partial charge in [0.05, 0.1) is 11.5 Å². The molecule has 1 heterocycles. The van der Waals surface area contributed by atoms with E-state index in [2.05, 4.69) is 10.6 Å². The molecular formula is C16H18N2O3S. The zero-order valence-electron chi connectivity index (χ0n) is 12.2. The Morgan fingerprint density at radius 1 is 1.18 bits per heavy atom. The summed E-state index contributed by atoms with van der Waals surface area (Å²) in [6.45, 7) is 2.49. The molecule has 6 heteroatoms. The number of nitrogens with one attached hydrogen (secondary N) is 2. The van der Waals surface area contributed by atoms with Crippen molar-refractivity contribution in [3.63, 3.8) is 0 Å². The van der Waals surface area contributed by atoms with E-state index in [0.717, 1.165) is 5.56 Å². The van der Waals surface area contributed by atoms with Gasteiger partial charge in [-0.3, -0.25) is 9.59 Å². The van der Waals surface area contributed by atoms with Crippen LogP contribution in [0.2, 0.25) is 0 Å². The minimum absolute atomic E-state index is 0.0601. The Balaban J connectivity index is 1.74. The van der Waals surface area contributed by atoms with E-state index in [1.807, 2.05) is 23.8 Å². The van der Waals surface area contributed by atoms with Gasteiger partial charge in [-0.1, -0.05) is 12.1 Å². The molecule has 1 aromatic heterocycles. The first-order valence-electron chi connectivity index (χ1n) is 6.95. The first kappa shape index (κ1) is 16.0. The SMILES string of the molecule is C[C@H](C(=O)NCCNC(=O)c1ccccc1O)c1ccsc1. The Labute approximate surface area is 133 Å². The molecule has 1 aromatic carbocycles. The number of hydrogen-bond acceptors (Lipinski definition) is 4. The number of aromatic hydroxyl groups is 1. The van der Waals surface area contributed by atoms with Gasteiger partial charge in [0.15, 0.2) is 0 Å². The molecule has 3 N–H and O–H groups in total. The lowest BCUT2D eigenvalue weighted by Crippen LogP contribution is -2.36. The van der Waals surface area contributed by atoms with Crippen LogP contribution in [0.5, 0.6) is 5.75 Å². The number of phenolic OH excluding ortho intramolecular Hbond substituents is 1. The summed E-state index contributed by atoms with van der Waals surface area (Å²) in [5.74, 6) is -0.705. The first-order valence-corrected chi connectivity index (χ1v) is 7.90. The van der Waals surface area contributed by atoms with Crippen LogP contribution in [0.4, 0.5) is 0 Å². The highest BCUT2D eigenvalue weighted by molar-refractivity contribution is 7.08. The van der Waals surface area contributed by atoms with Crippen LogP contribution in [0.3, 0.4) is 0 Å². The van der Waals surface area contributed by atoms with E-state index >= 15 is 0 Å². The smallest absolute Gasteiger partial charge is 0.255 e. The summed E-state index contributed by atoms with van der Waals surface area (Å²) < 4.78 is 0. The normalized spacial score (nSPS) is 11.7. The summed E-state index contributed by atoms with van der Waals surface area (Å²) in [6, 6.07) is 8.26. The second-order valence-corrected chi connectivity index (χ2v) is 5.62. The molecule has 116 valence electrons. The van der Waals surface area contributed by atoms with Gasteiger partial charge in [0, 0.05) is 13.1 Å². The van der Waals surface area contributed by atoms with Gasteiger partial charge in [-0.2, -0.15) is 11.3 Å². The van der Waals surface area contributed by atoms with Crippen LogP contribution in [0.25, 0.3) is 0 Å². The highest BCUT2D eigenvalue weighted by Crippen LogP contribution is 2.18. The molecule has 0 aliphatic carbocycles. The molecular weight excluding hydrogens is 300 g/mol. The van der Waals surface area contributed by atoms with Crippen LogP contribution in [-0.2, 0) is 4.79 Å². The molecule has 0 saturated carbocycles. The molecule has 5 nitrogen and oxygen atoms in total. The van der Waals surface area contributed by atoms with Gasteiger partial charge >= 0.3 is 0 Å². The molecule has 0 bridgehead atoms. The van der Waals surface area contributed by atoms with Gasteiger partial charge in [0.1, 0.15) is 5.75 Å². The second kappa shape index (κ2) is 7.61. The molecule has 0 unspecified atom stereocenters. The number of carbonyl (C=O) groups is 2. The summed E-state index contributed by atoms with van der Waals surface area (Å²) in [7, 11) is 0. The number of hydrogen-bond donors (Lipinski definition) is 3. The van der Waals surface area contributed by atoms with E-state index in [4.69, 9.17) is 0 Å². The molecule has 22 heavy (non-hydrogen) atoms. The van der Waals surface area contributed by atoms with Crippen LogP contribution < -0.4 is 10.6 Å². The van der Waals surface area contributed by atoms with Crippen LogP contribution in [0.15, 0.2) is 41.1 Å². The summed E-state index contributed by atoms with van der Waals surface area (Å²) >= 11 is 1.56. The van der Waals surface area contributed by atoms with Crippen LogP contribution in [0.1, 0.15) is 28.8 Å². The molecule has 1 atom stereocenters. The monoisotopic (exact) mass is 318 g/mol. The van der Waals surface area contributed by atoms with E-state index in [0.29, 0.717) is 13.1 Å². The topological polar surface area (TPSA) is 78.4 Å². The van der Waals surface area contributed by atoms with Crippen molar-refractivity contribution in [1.29, 1.82) is 0 Å². The maximum atomic E-state index is 12.0. The first-order chi connectivity index (χ1) is 10.6. The van der Waals surface area contributed by atoms with Gasteiger partial charge in [-0.15, -0.1) is 0 Å². The minimum atomic E-state index is -0.363. The number of rotatable bonds is 6. The van der Waals surface area contributed by atoms with Crippen LogP contribution in [-0.4, -0.2) is 30.0 Å². The fourth-order valence-corrected chi connectivity index (χ4v) is 2.70. The van der Waals surface area contributed by atoms with Crippen molar-refractivity contribution in [3.05, 3.63) is 52.2 Å². The third-order valence-corrected chi connectivity index (χ3v) is 4.00. The standard InChI is InChI=1S/C16H18N2O3S/c1-11(12-6-9-22-10-12)15(20)17-7-8-18-16(21)13-4-2-3-5-14(13)19/h2-6,9-11,19H,7-8H2,1H3,(H,17,20)(H,18,21)/t11-/m0/s1. The summed E-state index contributed by atoms with van der Waals surface area (Å²) in [6.07, 6.45) is 0. The second-order valence-electron chi connectivity index (χ2n) is 4.84. The van der Waals surface area contributed by atoms with Gasteiger partial charge in [0.2, 0.25) is 5.91 Å². The van der Waals surface area contributed by atoms with E-state index in [1.165, 1.54) is 6.07 Å². The number of carbonyl (C=O) groups excluding carboxylic acids is 2.